The highest BCUT2D eigenvalue weighted by Gasteiger charge is 2.14. The quantitative estimate of drug-likeness (QED) is 0.0510. The topological polar surface area (TPSA) is 234 Å². The van der Waals surface area contributed by atoms with Gasteiger partial charge in [0, 0.05) is 36.4 Å². The molecule has 2 aromatic heterocycles. The Morgan fingerprint density at radius 2 is 1.16 bits per heavy atom. The summed E-state index contributed by atoms with van der Waals surface area (Å²) in [6.07, 6.45) is 3.93. The molecule has 3 heterocycles. The van der Waals surface area contributed by atoms with Gasteiger partial charge in [-0.2, -0.15) is 10.5 Å². The number of benzene rings is 3. The van der Waals surface area contributed by atoms with Crippen molar-refractivity contribution in [2.45, 2.75) is 61.2 Å². The number of alkyl halides is 1. The predicted molar refractivity (Wildman–Crippen MR) is 232 cm³/mol. The lowest BCUT2D eigenvalue weighted by Gasteiger charge is -2.08. The maximum absolute atomic E-state index is 13.3. The van der Waals surface area contributed by atoms with Crippen molar-refractivity contribution < 1.29 is 47.6 Å². The summed E-state index contributed by atoms with van der Waals surface area (Å²) in [5.41, 5.74) is 2.57. The third-order valence-electron chi connectivity index (χ3n) is 8.14. The zero-order chi connectivity index (χ0) is 46.5. The molecule has 3 aromatic carbocycles. The lowest BCUT2D eigenvalue weighted by molar-refractivity contribution is 0.0680. The minimum atomic E-state index is -1.34. The van der Waals surface area contributed by atoms with Gasteiger partial charge < -0.3 is 30.0 Å². The summed E-state index contributed by atoms with van der Waals surface area (Å²) in [4.78, 5) is 58.9. The van der Waals surface area contributed by atoms with E-state index in [0.29, 0.717) is 49.0 Å². The van der Waals surface area contributed by atoms with Crippen molar-refractivity contribution in [3.63, 3.8) is 0 Å². The van der Waals surface area contributed by atoms with Crippen LogP contribution in [0.4, 0.5) is 13.2 Å². The van der Waals surface area contributed by atoms with Crippen molar-refractivity contribution in [3.8, 4) is 12.1 Å². The Morgan fingerprint density at radius 3 is 1.58 bits per heavy atom. The first-order chi connectivity index (χ1) is 29.3. The second kappa shape index (κ2) is 26.3. The van der Waals surface area contributed by atoms with Gasteiger partial charge in [-0.1, -0.05) is 39.7 Å². The van der Waals surface area contributed by atoms with Crippen molar-refractivity contribution >= 4 is 58.2 Å². The zero-order valence-corrected chi connectivity index (χ0v) is 36.7. The van der Waals surface area contributed by atoms with Gasteiger partial charge in [0.2, 0.25) is 11.1 Å². The number of aromatic amines is 2. The van der Waals surface area contributed by atoms with Gasteiger partial charge >= 0.3 is 17.9 Å². The number of pyridine rings is 2. The Bertz CT molecular complexity index is 2550. The molecule has 0 aliphatic carbocycles. The number of carbonyl (C=O) groups is 3. The number of nitrogens with one attached hydrogen (secondary N) is 2. The fourth-order valence-corrected chi connectivity index (χ4v) is 6.71. The number of rotatable bonds is 7. The number of nitriles is 2. The number of halogens is 4. The fraction of sp³-hybridized carbons (Fsp3) is 0.233. The van der Waals surface area contributed by atoms with Crippen LogP contribution in [0, 0.1) is 60.9 Å². The summed E-state index contributed by atoms with van der Waals surface area (Å²) in [5, 5.41) is 44.8. The maximum atomic E-state index is 13.3. The molecule has 1 saturated heterocycles. The zero-order valence-electron chi connectivity index (χ0n) is 33.4. The molecule has 0 saturated carbocycles. The average Bonchev–Trinajstić information content (AvgIpc) is 3.22. The number of aromatic carboxylic acids is 3. The Balaban J connectivity index is 0.000000284. The smallest absolute Gasteiger partial charge is 0.338 e. The lowest BCUT2D eigenvalue weighted by Crippen LogP contribution is -2.08. The van der Waals surface area contributed by atoms with Crippen LogP contribution in [-0.2, 0) is 15.8 Å². The molecule has 5 aromatic rings. The molecule has 1 aliphatic heterocycles. The molecule has 62 heavy (non-hydrogen) atoms. The molecule has 5 N–H and O–H groups in total. The van der Waals surface area contributed by atoms with Gasteiger partial charge in [-0.05, 0) is 98.7 Å². The van der Waals surface area contributed by atoms with Crippen LogP contribution in [0.25, 0.3) is 0 Å². The first-order valence-electron chi connectivity index (χ1n) is 18.1. The monoisotopic (exact) mass is 956 g/mol. The SMILES string of the molecule is C1CCOCC1.Cc1cc(=O)[nH]c(S)c1C#N.Cc1cc(=O)[nH]c(SCc2ccc(F)c(C(=O)O)c2)c1C#N.Cc1ccc(F)c(C(=O)O)c1.O=C(O)c1cc(CBr)ccc1F. The second-order valence-corrected chi connectivity index (χ2v) is 14.9. The highest BCUT2D eigenvalue weighted by Crippen LogP contribution is 2.26. The normalized spacial score (nSPS) is 11.2. The van der Waals surface area contributed by atoms with Gasteiger partial charge in [-0.25, -0.2) is 27.6 Å². The number of nitrogens with zero attached hydrogens (tertiary/aromatic N) is 2. The lowest BCUT2D eigenvalue weighted by atomic mass is 10.1. The summed E-state index contributed by atoms with van der Waals surface area (Å²) in [5.74, 6) is -5.71. The van der Waals surface area contributed by atoms with Gasteiger partial charge in [-0.15, -0.1) is 24.4 Å². The highest BCUT2D eigenvalue weighted by atomic mass is 79.9. The van der Waals surface area contributed by atoms with Crippen LogP contribution in [0.1, 0.15) is 89.3 Å². The van der Waals surface area contributed by atoms with Crippen LogP contribution in [0.15, 0.2) is 86.4 Å². The van der Waals surface area contributed by atoms with Crippen LogP contribution in [0.2, 0.25) is 0 Å². The number of thioether (sulfide) groups is 1. The number of hydrogen-bond donors (Lipinski definition) is 6. The number of carboxylic acid groups (broad SMARTS) is 3. The maximum Gasteiger partial charge on any atom is 0.338 e. The van der Waals surface area contributed by atoms with Crippen molar-refractivity contribution in [3.05, 3.63) is 161 Å². The molecule has 1 aliphatic rings. The fourth-order valence-electron chi connectivity index (χ4n) is 5.01. The number of hydrogen-bond acceptors (Lipinski definition) is 10. The third-order valence-corrected chi connectivity index (χ3v) is 10.2. The summed E-state index contributed by atoms with van der Waals surface area (Å²) in [6, 6.07) is 18.5. The largest absolute Gasteiger partial charge is 0.478 e. The van der Waals surface area contributed by atoms with Crippen molar-refractivity contribution in [2.24, 2.45) is 0 Å². The summed E-state index contributed by atoms with van der Waals surface area (Å²) >= 11 is 8.28. The summed E-state index contributed by atoms with van der Waals surface area (Å²) < 4.78 is 43.8. The Kier molecular flexibility index (Phi) is 22.0. The molecular formula is C43H40BrF3N4O9S2. The minimum Gasteiger partial charge on any atom is -0.478 e. The van der Waals surface area contributed by atoms with E-state index in [-0.39, 0.29) is 22.2 Å². The molecular weight excluding hydrogens is 918 g/mol. The van der Waals surface area contributed by atoms with E-state index in [0.717, 1.165) is 42.5 Å². The Hall–Kier alpha value is -6.12. The molecule has 0 bridgehead atoms. The molecule has 19 heteroatoms. The van der Waals surface area contributed by atoms with Crippen LogP contribution in [0.5, 0.6) is 0 Å². The average molecular weight is 958 g/mol. The molecule has 0 radical (unpaired) electrons. The molecule has 0 amide bonds. The van der Waals surface area contributed by atoms with Crippen LogP contribution < -0.4 is 11.1 Å². The first kappa shape index (κ1) is 52.0. The van der Waals surface area contributed by atoms with Crippen LogP contribution in [-0.4, -0.2) is 56.4 Å². The molecule has 1 fully saturated rings. The molecule has 6 rings (SSSR count). The second-order valence-electron chi connectivity index (χ2n) is 12.9. The standard InChI is InChI=1S/C15H11FN2O3S.C8H6BrFO2.C8H7FO2.C7H6N2OS.C5H10O/c1-8-4-13(19)18-14(11(8)6-17)22-7-9-2-3-12(16)10(5-9)15(20)21;9-4-5-1-2-7(10)6(3-5)8(11)12;1-5-2-3-7(9)6(4-5)8(10)11;1-4-2-6(10)9-7(11)5(4)3-8;1-2-4-6-5-3-1/h2-5H,7H2,1H3,(H,18,19)(H,20,21);1-3H,4H2,(H,11,12);2-4H,1H3,(H,10,11);2H,1H3,(H2,9,10,11);1-5H2. The van der Waals surface area contributed by atoms with E-state index in [4.69, 9.17) is 30.6 Å². The van der Waals surface area contributed by atoms with Gasteiger partial charge in [0.05, 0.1) is 37.9 Å². The van der Waals surface area contributed by atoms with Crippen LogP contribution >= 0.6 is 40.3 Å². The number of aromatic nitrogens is 2. The van der Waals surface area contributed by atoms with Crippen molar-refractivity contribution in [2.75, 3.05) is 13.2 Å². The number of thiol groups is 1. The molecule has 0 atom stereocenters. The number of ether oxygens (including phenoxy) is 1. The van der Waals surface area contributed by atoms with Crippen LogP contribution in [0.3, 0.4) is 0 Å². The minimum absolute atomic E-state index is 0.230. The Labute approximate surface area is 371 Å². The van der Waals surface area contributed by atoms with E-state index in [2.05, 4.69) is 38.5 Å². The number of aryl methyl sites for hydroxylation is 3. The van der Waals surface area contributed by atoms with Crippen molar-refractivity contribution in [1.29, 1.82) is 10.5 Å². The third kappa shape index (κ3) is 17.1. The van der Waals surface area contributed by atoms with Gasteiger partial charge in [0.1, 0.15) is 29.6 Å². The number of H-pyrrole nitrogens is 2. The summed E-state index contributed by atoms with van der Waals surface area (Å²) in [7, 11) is 0. The first-order valence-corrected chi connectivity index (χ1v) is 20.6. The van der Waals surface area contributed by atoms with E-state index in [9.17, 15) is 37.1 Å². The van der Waals surface area contributed by atoms with Gasteiger partial charge in [0.15, 0.2) is 0 Å². The molecule has 0 spiro atoms. The Morgan fingerprint density at radius 1 is 0.710 bits per heavy atom. The number of carboxylic acids is 3. The van der Waals surface area contributed by atoms with Gasteiger partial charge in [0.25, 0.3) is 0 Å². The van der Waals surface area contributed by atoms with Crippen molar-refractivity contribution in [1.82, 2.24) is 9.97 Å². The van der Waals surface area contributed by atoms with E-state index in [1.807, 2.05) is 12.1 Å². The summed E-state index contributed by atoms with van der Waals surface area (Å²) in [6.45, 7) is 7.08. The van der Waals surface area contributed by atoms with E-state index < -0.39 is 40.9 Å². The highest BCUT2D eigenvalue weighted by molar-refractivity contribution is 9.08. The molecule has 0 unspecified atom stereocenters. The van der Waals surface area contributed by atoms with E-state index >= 15 is 0 Å². The van der Waals surface area contributed by atoms with E-state index in [1.165, 1.54) is 79.6 Å². The molecule has 13 nitrogen and oxygen atoms in total. The predicted octanol–water partition coefficient (Wildman–Crippen LogP) is 8.97. The van der Waals surface area contributed by atoms with Gasteiger partial charge in [-0.3, -0.25) is 9.59 Å². The van der Waals surface area contributed by atoms with E-state index in [1.54, 1.807) is 20.8 Å². The molecule has 326 valence electrons.